The van der Waals surface area contributed by atoms with Gasteiger partial charge in [-0.2, -0.15) is 0 Å². The molecule has 2 amide bonds. The van der Waals surface area contributed by atoms with Gasteiger partial charge in [0.15, 0.2) is 5.82 Å². The molecule has 2 saturated carbocycles. The molecule has 150 valence electrons. The van der Waals surface area contributed by atoms with Crippen molar-refractivity contribution in [2.24, 2.45) is 0 Å². The Kier molecular flexibility index (Phi) is 3.75. The highest BCUT2D eigenvalue weighted by atomic mass is 19.3. The lowest BCUT2D eigenvalue weighted by Gasteiger charge is -2.34. The van der Waals surface area contributed by atoms with Crippen LogP contribution in [0.3, 0.4) is 0 Å². The minimum absolute atomic E-state index is 0.0441. The van der Waals surface area contributed by atoms with Crippen LogP contribution in [0.5, 0.6) is 0 Å². The number of halogens is 3. The number of fused-ring (bicyclic) bond motifs is 2. The van der Waals surface area contributed by atoms with Gasteiger partial charge in [-0.15, -0.1) is 0 Å². The SMILES string of the molecule is O=C(CN1CC2(CC2)c2cc([C@H]3CC3(F)F)ccc2C1=O)Nc1ncc(F)cn1. The topological polar surface area (TPSA) is 75.2 Å². The van der Waals surface area contributed by atoms with Crippen molar-refractivity contribution in [2.75, 3.05) is 18.4 Å². The van der Waals surface area contributed by atoms with Crippen LogP contribution in [0.4, 0.5) is 19.1 Å². The Bertz CT molecular complexity index is 1020. The number of rotatable bonds is 4. The number of benzene rings is 1. The maximum Gasteiger partial charge on any atom is 0.255 e. The highest BCUT2D eigenvalue weighted by Gasteiger charge is 2.58. The highest BCUT2D eigenvalue weighted by Crippen LogP contribution is 2.58. The molecular formula is C20H17F3N4O2. The molecule has 6 nitrogen and oxygen atoms in total. The quantitative estimate of drug-likeness (QED) is 0.854. The van der Waals surface area contributed by atoms with Crippen molar-refractivity contribution in [3.8, 4) is 0 Å². The molecule has 1 aromatic carbocycles. The first-order valence-corrected chi connectivity index (χ1v) is 9.36. The van der Waals surface area contributed by atoms with Crippen molar-refractivity contribution in [2.45, 2.75) is 36.5 Å². The van der Waals surface area contributed by atoms with Crippen molar-refractivity contribution < 1.29 is 22.8 Å². The summed E-state index contributed by atoms with van der Waals surface area (Å²) in [5.74, 6) is -4.88. The summed E-state index contributed by atoms with van der Waals surface area (Å²) in [6, 6.07) is 4.96. The number of nitrogens with zero attached hydrogens (tertiary/aromatic N) is 3. The van der Waals surface area contributed by atoms with E-state index in [4.69, 9.17) is 0 Å². The van der Waals surface area contributed by atoms with Gasteiger partial charge in [-0.25, -0.2) is 23.1 Å². The number of hydrogen-bond donors (Lipinski definition) is 1. The molecule has 0 saturated heterocycles. The van der Waals surface area contributed by atoms with Gasteiger partial charge in [-0.1, -0.05) is 12.1 Å². The third-order valence-corrected chi connectivity index (χ3v) is 5.91. The standard InChI is InChI=1S/C20H17F3N4O2/c21-12-7-24-18(25-8-12)26-16(28)9-27-10-19(3-4-19)14-5-11(15-6-20(15,22)23)1-2-13(14)17(27)29/h1-2,5,7-8,15H,3-4,6,9-10H2,(H,24,25,26,28)/t15-/m1/s1. The molecule has 1 atom stereocenters. The molecular weight excluding hydrogens is 385 g/mol. The minimum Gasteiger partial charge on any atom is -0.328 e. The Morgan fingerprint density at radius 2 is 1.93 bits per heavy atom. The maximum absolute atomic E-state index is 13.5. The summed E-state index contributed by atoms with van der Waals surface area (Å²) in [5.41, 5.74) is 1.59. The van der Waals surface area contributed by atoms with Crippen molar-refractivity contribution in [1.82, 2.24) is 14.9 Å². The van der Waals surface area contributed by atoms with Crippen LogP contribution in [0.15, 0.2) is 30.6 Å². The molecule has 2 aliphatic carbocycles. The van der Waals surface area contributed by atoms with Crippen molar-refractivity contribution in [1.29, 1.82) is 0 Å². The van der Waals surface area contributed by atoms with Gasteiger partial charge in [0.25, 0.3) is 11.8 Å². The zero-order valence-corrected chi connectivity index (χ0v) is 15.3. The summed E-state index contributed by atoms with van der Waals surface area (Å²) in [4.78, 5) is 34.0. The van der Waals surface area contributed by atoms with Gasteiger partial charge < -0.3 is 4.90 Å². The van der Waals surface area contributed by atoms with E-state index in [1.807, 2.05) is 0 Å². The fourth-order valence-electron chi connectivity index (χ4n) is 4.09. The Balaban J connectivity index is 1.35. The van der Waals surface area contributed by atoms with E-state index in [1.54, 1.807) is 18.2 Å². The van der Waals surface area contributed by atoms with Gasteiger partial charge >= 0.3 is 0 Å². The molecule has 1 spiro atoms. The molecule has 0 radical (unpaired) electrons. The van der Waals surface area contributed by atoms with Crippen molar-refractivity contribution >= 4 is 17.8 Å². The zero-order valence-electron chi connectivity index (χ0n) is 15.3. The van der Waals surface area contributed by atoms with Gasteiger partial charge in [0.05, 0.1) is 18.3 Å². The number of aromatic nitrogens is 2. The summed E-state index contributed by atoms with van der Waals surface area (Å²) in [6.07, 6.45) is 3.41. The van der Waals surface area contributed by atoms with E-state index in [0.29, 0.717) is 17.7 Å². The van der Waals surface area contributed by atoms with Crippen LogP contribution >= 0.6 is 0 Å². The van der Waals surface area contributed by atoms with E-state index in [1.165, 1.54) is 4.90 Å². The molecule has 3 aliphatic rings. The molecule has 2 heterocycles. The number of amides is 2. The average Bonchev–Trinajstić information content (AvgIpc) is 3.58. The van der Waals surface area contributed by atoms with Crippen LogP contribution in [0, 0.1) is 5.82 Å². The molecule has 29 heavy (non-hydrogen) atoms. The van der Waals surface area contributed by atoms with E-state index < -0.39 is 23.6 Å². The average molecular weight is 402 g/mol. The number of hydrogen-bond acceptors (Lipinski definition) is 4. The molecule has 1 aromatic heterocycles. The molecule has 1 N–H and O–H groups in total. The molecule has 2 fully saturated rings. The van der Waals surface area contributed by atoms with Crippen LogP contribution in [0.2, 0.25) is 0 Å². The van der Waals surface area contributed by atoms with Crippen LogP contribution in [0.25, 0.3) is 0 Å². The van der Waals surface area contributed by atoms with Crippen molar-refractivity contribution in [3.05, 3.63) is 53.1 Å². The second kappa shape index (κ2) is 6.01. The third-order valence-electron chi connectivity index (χ3n) is 5.91. The largest absolute Gasteiger partial charge is 0.328 e. The van der Waals surface area contributed by atoms with Crippen LogP contribution < -0.4 is 5.32 Å². The van der Waals surface area contributed by atoms with E-state index in [9.17, 15) is 22.8 Å². The summed E-state index contributed by atoms with van der Waals surface area (Å²) < 4.78 is 39.8. The molecule has 1 aliphatic heterocycles. The summed E-state index contributed by atoms with van der Waals surface area (Å²) in [6.45, 7) is 0.171. The lowest BCUT2D eigenvalue weighted by atomic mass is 9.84. The molecule has 9 heteroatoms. The molecule has 0 unspecified atom stereocenters. The normalized spacial score (nSPS) is 22.9. The van der Waals surface area contributed by atoms with Gasteiger partial charge in [0, 0.05) is 23.9 Å². The Labute approximate surface area is 164 Å². The number of nitrogens with one attached hydrogen (secondary N) is 1. The van der Waals surface area contributed by atoms with Gasteiger partial charge in [-0.05, 0) is 30.0 Å². The first kappa shape index (κ1) is 18.1. The Hall–Kier alpha value is -2.97. The maximum atomic E-state index is 13.5. The van der Waals surface area contributed by atoms with E-state index >= 15 is 0 Å². The van der Waals surface area contributed by atoms with Crippen LogP contribution in [-0.2, 0) is 10.2 Å². The van der Waals surface area contributed by atoms with Crippen LogP contribution in [0.1, 0.15) is 46.7 Å². The second-order valence-electron chi connectivity index (χ2n) is 8.04. The predicted molar refractivity (Wildman–Crippen MR) is 96.2 cm³/mol. The zero-order chi connectivity index (χ0) is 20.4. The Morgan fingerprint density at radius 3 is 2.55 bits per heavy atom. The monoisotopic (exact) mass is 402 g/mol. The second-order valence-corrected chi connectivity index (χ2v) is 8.04. The number of anilines is 1. The predicted octanol–water partition coefficient (Wildman–Crippen LogP) is 2.86. The molecule has 2 aromatic rings. The number of carbonyl (C=O) groups excluding carboxylic acids is 2. The Morgan fingerprint density at radius 1 is 1.24 bits per heavy atom. The number of carbonyl (C=O) groups is 2. The van der Waals surface area contributed by atoms with Crippen LogP contribution in [-0.4, -0.2) is 45.7 Å². The summed E-state index contributed by atoms with van der Waals surface area (Å²) in [7, 11) is 0. The summed E-state index contributed by atoms with van der Waals surface area (Å²) in [5, 5.41) is 2.44. The van der Waals surface area contributed by atoms with Gasteiger partial charge in [0.2, 0.25) is 11.9 Å². The smallest absolute Gasteiger partial charge is 0.255 e. The van der Waals surface area contributed by atoms with Gasteiger partial charge in [0.1, 0.15) is 6.54 Å². The summed E-state index contributed by atoms with van der Waals surface area (Å²) >= 11 is 0. The van der Waals surface area contributed by atoms with E-state index in [2.05, 4.69) is 15.3 Å². The first-order chi connectivity index (χ1) is 13.8. The number of alkyl halides is 2. The van der Waals surface area contributed by atoms with E-state index in [-0.39, 0.29) is 30.2 Å². The molecule has 5 rings (SSSR count). The lowest BCUT2D eigenvalue weighted by molar-refractivity contribution is -0.117. The highest BCUT2D eigenvalue weighted by molar-refractivity contribution is 6.01. The van der Waals surface area contributed by atoms with Gasteiger partial charge in [-0.3, -0.25) is 14.9 Å². The fourth-order valence-corrected chi connectivity index (χ4v) is 4.09. The fraction of sp³-hybridized carbons (Fsp3) is 0.400. The first-order valence-electron chi connectivity index (χ1n) is 9.36. The van der Waals surface area contributed by atoms with E-state index in [0.717, 1.165) is 30.8 Å². The third kappa shape index (κ3) is 3.14. The van der Waals surface area contributed by atoms with Crippen molar-refractivity contribution in [3.63, 3.8) is 0 Å². The lowest BCUT2D eigenvalue weighted by Crippen LogP contribution is -2.46. The minimum atomic E-state index is -2.66. The molecule has 0 bridgehead atoms.